The lowest BCUT2D eigenvalue weighted by atomic mass is 10.1. The Bertz CT molecular complexity index is 1610. The van der Waals surface area contributed by atoms with Crippen molar-refractivity contribution in [2.75, 3.05) is 50.6 Å². The third kappa shape index (κ3) is 7.41. The second-order valence-electron chi connectivity index (χ2n) is 10.2. The third-order valence-corrected chi connectivity index (χ3v) is 9.20. The molecule has 1 aliphatic heterocycles. The number of hydrogen-bond donors (Lipinski definition) is 1. The molecule has 4 heterocycles. The van der Waals surface area contributed by atoms with Crippen LogP contribution in [0.2, 0.25) is 0 Å². The fourth-order valence-corrected chi connectivity index (χ4v) is 6.69. The number of carbonyl (C=O) groups excluding carboxylic acids is 2. The number of rotatable bonds is 9. The van der Waals surface area contributed by atoms with E-state index in [0.29, 0.717) is 60.8 Å². The van der Waals surface area contributed by atoms with E-state index in [-0.39, 0.29) is 11.8 Å². The average molecular weight is 619 g/mol. The highest BCUT2D eigenvalue weighted by atomic mass is 32.2. The molecule has 43 heavy (non-hydrogen) atoms. The molecule has 3 aromatic heterocycles. The molecule has 0 saturated carbocycles. The molecule has 0 radical (unpaired) electrons. The molecule has 0 unspecified atom stereocenters. The number of nitrogens with one attached hydrogen (secondary N) is 1. The molecule has 1 fully saturated rings. The predicted octanol–water partition coefficient (Wildman–Crippen LogP) is 4.79. The molecular weight excluding hydrogens is 585 g/mol. The second-order valence-corrected chi connectivity index (χ2v) is 12.6. The van der Waals surface area contributed by atoms with Crippen LogP contribution in [0.25, 0.3) is 0 Å². The number of ether oxygens (including phenoxy) is 1. The van der Waals surface area contributed by atoms with Crippen LogP contribution in [0.5, 0.6) is 5.75 Å². The monoisotopic (exact) mass is 618 g/mol. The molecule has 2 amide bonds. The molecule has 4 aromatic rings. The minimum Gasteiger partial charge on any atom is -0.496 e. The quantitative estimate of drug-likeness (QED) is 0.281. The van der Waals surface area contributed by atoms with Crippen LogP contribution in [0.1, 0.15) is 34.2 Å². The first-order valence-electron chi connectivity index (χ1n) is 13.8. The highest BCUT2D eigenvalue weighted by Crippen LogP contribution is 2.39. The molecule has 224 valence electrons. The van der Waals surface area contributed by atoms with Crippen molar-refractivity contribution < 1.29 is 14.3 Å². The number of hydrogen-bond acceptors (Lipinski definition) is 11. The Morgan fingerprint density at radius 2 is 1.86 bits per heavy atom. The summed E-state index contributed by atoms with van der Waals surface area (Å²) in [6, 6.07) is 9.65. The van der Waals surface area contributed by atoms with Gasteiger partial charge in [-0.05, 0) is 43.2 Å². The molecule has 1 aromatic carbocycles. The van der Waals surface area contributed by atoms with Crippen molar-refractivity contribution >= 4 is 51.7 Å². The zero-order chi connectivity index (χ0) is 30.5. The number of anilines is 3. The van der Waals surface area contributed by atoms with Crippen molar-refractivity contribution in [2.45, 2.75) is 36.4 Å². The van der Waals surface area contributed by atoms with Crippen molar-refractivity contribution in [2.24, 2.45) is 0 Å². The Labute approximate surface area is 259 Å². The summed E-state index contributed by atoms with van der Waals surface area (Å²) in [5.41, 5.74) is 2.59. The SMILES string of the molecule is COc1cc(C)c(Sc2cnc(Nc3cc(N(C)Cc4cccnc4)nc(C)n3)s2)cc1C(=O)N1CCN(C(C)=O)CC1. The number of piperazine rings is 1. The smallest absolute Gasteiger partial charge is 0.257 e. The molecule has 1 N–H and O–H groups in total. The van der Waals surface area contributed by atoms with Gasteiger partial charge < -0.3 is 24.8 Å². The number of methoxy groups -OCH3 is 1. The molecule has 11 nitrogen and oxygen atoms in total. The van der Waals surface area contributed by atoms with Crippen LogP contribution in [0.3, 0.4) is 0 Å². The lowest BCUT2D eigenvalue weighted by Gasteiger charge is -2.34. The van der Waals surface area contributed by atoms with Gasteiger partial charge in [-0.3, -0.25) is 14.6 Å². The molecule has 0 bridgehead atoms. The number of carbonyl (C=O) groups is 2. The van der Waals surface area contributed by atoms with E-state index in [1.807, 2.05) is 63.6 Å². The molecule has 1 saturated heterocycles. The summed E-state index contributed by atoms with van der Waals surface area (Å²) in [4.78, 5) is 49.6. The van der Waals surface area contributed by atoms with Gasteiger partial charge in [0.15, 0.2) is 5.13 Å². The second kappa shape index (κ2) is 13.4. The molecule has 5 rings (SSSR count). The lowest BCUT2D eigenvalue weighted by Crippen LogP contribution is -2.50. The number of amides is 2. The standard InChI is InChI=1S/C30H34N8O3S2/c1-19-13-24(41-5)23(29(40)38-11-9-37(10-12-38)21(3)39)14-25(19)42-28-17-32-30(43-28)35-26-15-27(34-20(2)33-26)36(4)18-22-7-6-8-31-16-22/h6-8,13-17H,9-12,18H2,1-5H3,(H,32,33,34,35). The van der Waals surface area contributed by atoms with Gasteiger partial charge in [-0.25, -0.2) is 15.0 Å². The zero-order valence-corrected chi connectivity index (χ0v) is 26.5. The third-order valence-electron chi connectivity index (χ3n) is 7.03. The van der Waals surface area contributed by atoms with E-state index in [0.717, 1.165) is 26.0 Å². The summed E-state index contributed by atoms with van der Waals surface area (Å²) in [6.45, 7) is 8.13. The maximum absolute atomic E-state index is 13.5. The van der Waals surface area contributed by atoms with Crippen molar-refractivity contribution in [1.29, 1.82) is 0 Å². The van der Waals surface area contributed by atoms with Crippen LogP contribution in [0.4, 0.5) is 16.8 Å². The molecule has 13 heteroatoms. The van der Waals surface area contributed by atoms with Crippen molar-refractivity contribution in [3.63, 3.8) is 0 Å². The van der Waals surface area contributed by atoms with Gasteiger partial charge >= 0.3 is 0 Å². The van der Waals surface area contributed by atoms with E-state index in [2.05, 4.69) is 30.2 Å². The van der Waals surface area contributed by atoms with E-state index in [9.17, 15) is 9.59 Å². The minimum absolute atomic E-state index is 0.0283. The van der Waals surface area contributed by atoms with Gasteiger partial charge in [0, 0.05) is 70.1 Å². The lowest BCUT2D eigenvalue weighted by molar-refractivity contribution is -0.130. The Morgan fingerprint density at radius 3 is 2.56 bits per heavy atom. The van der Waals surface area contributed by atoms with Gasteiger partial charge in [-0.2, -0.15) is 0 Å². The van der Waals surface area contributed by atoms with Gasteiger partial charge in [0.05, 0.1) is 23.1 Å². The summed E-state index contributed by atoms with van der Waals surface area (Å²) < 4.78 is 6.54. The number of nitrogens with zero attached hydrogens (tertiary/aromatic N) is 7. The summed E-state index contributed by atoms with van der Waals surface area (Å²) in [6.07, 6.45) is 5.42. The summed E-state index contributed by atoms with van der Waals surface area (Å²) in [7, 11) is 3.56. The molecule has 0 aliphatic carbocycles. The number of pyridine rings is 1. The van der Waals surface area contributed by atoms with Gasteiger partial charge in [0.2, 0.25) is 5.91 Å². The van der Waals surface area contributed by atoms with E-state index < -0.39 is 0 Å². The van der Waals surface area contributed by atoms with E-state index >= 15 is 0 Å². The first-order chi connectivity index (χ1) is 20.7. The average Bonchev–Trinajstić information content (AvgIpc) is 3.44. The van der Waals surface area contributed by atoms with E-state index in [1.165, 1.54) is 11.3 Å². The van der Waals surface area contributed by atoms with Crippen LogP contribution >= 0.6 is 23.1 Å². The van der Waals surface area contributed by atoms with Gasteiger partial charge in [0.1, 0.15) is 23.2 Å². The van der Waals surface area contributed by atoms with Crippen LogP contribution in [0, 0.1) is 13.8 Å². The maximum Gasteiger partial charge on any atom is 0.257 e. The van der Waals surface area contributed by atoms with Crippen LogP contribution in [-0.2, 0) is 11.3 Å². The molecule has 0 atom stereocenters. The molecule has 0 spiro atoms. The van der Waals surface area contributed by atoms with E-state index in [1.54, 1.807) is 41.8 Å². The fraction of sp³-hybridized carbons (Fsp3) is 0.333. The molecular formula is C30H34N8O3S2. The number of benzene rings is 1. The Kier molecular flexibility index (Phi) is 9.41. The molecule has 1 aliphatic rings. The largest absolute Gasteiger partial charge is 0.496 e. The fourth-order valence-electron chi connectivity index (χ4n) is 4.74. The number of aromatic nitrogens is 4. The number of thiazole rings is 1. The summed E-state index contributed by atoms with van der Waals surface area (Å²) >= 11 is 3.05. The van der Waals surface area contributed by atoms with Gasteiger partial charge in [-0.15, -0.1) is 0 Å². The van der Waals surface area contributed by atoms with Gasteiger partial charge in [-0.1, -0.05) is 29.2 Å². The maximum atomic E-state index is 13.5. The van der Waals surface area contributed by atoms with Crippen LogP contribution < -0.4 is 15.0 Å². The van der Waals surface area contributed by atoms with Gasteiger partial charge in [0.25, 0.3) is 5.91 Å². The van der Waals surface area contributed by atoms with Crippen molar-refractivity contribution in [1.82, 2.24) is 29.7 Å². The normalized spacial score (nSPS) is 13.1. The first kappa shape index (κ1) is 30.2. The van der Waals surface area contributed by atoms with Crippen molar-refractivity contribution in [3.05, 3.63) is 71.4 Å². The predicted molar refractivity (Wildman–Crippen MR) is 169 cm³/mol. The van der Waals surface area contributed by atoms with Crippen molar-refractivity contribution in [3.8, 4) is 5.75 Å². The minimum atomic E-state index is -0.100. The highest BCUT2D eigenvalue weighted by Gasteiger charge is 2.26. The zero-order valence-electron chi connectivity index (χ0n) is 24.8. The Hall–Kier alpha value is -4.23. The Morgan fingerprint density at radius 1 is 1.09 bits per heavy atom. The van der Waals surface area contributed by atoms with Crippen LogP contribution in [-0.4, -0.2) is 81.9 Å². The number of aryl methyl sites for hydroxylation is 2. The van der Waals surface area contributed by atoms with E-state index in [4.69, 9.17) is 4.74 Å². The first-order valence-corrected chi connectivity index (χ1v) is 15.4. The highest BCUT2D eigenvalue weighted by molar-refractivity contribution is 8.01. The topological polar surface area (TPSA) is 117 Å². The van der Waals surface area contributed by atoms with Crippen LogP contribution in [0.15, 0.2) is 58.0 Å². The Balaban J connectivity index is 1.29. The summed E-state index contributed by atoms with van der Waals surface area (Å²) in [5.74, 6) is 2.56. The summed E-state index contributed by atoms with van der Waals surface area (Å²) in [5, 5.41) is 4.02.